The summed E-state index contributed by atoms with van der Waals surface area (Å²) in [6, 6.07) is 0. The lowest BCUT2D eigenvalue weighted by Gasteiger charge is -2.02. The van der Waals surface area contributed by atoms with Gasteiger partial charge in [-0.3, -0.25) is 0 Å². The van der Waals surface area contributed by atoms with E-state index in [4.69, 9.17) is 0 Å². The highest BCUT2D eigenvalue weighted by Crippen LogP contribution is 2.19. The third kappa shape index (κ3) is 3.50. The van der Waals surface area contributed by atoms with Crippen molar-refractivity contribution in [2.75, 3.05) is 0 Å². The average molecular weight is 220 g/mol. The van der Waals surface area contributed by atoms with E-state index in [0.717, 1.165) is 0 Å². The molecule has 2 nitrogen and oxygen atoms in total. The maximum Gasteiger partial charge on any atom is 0.384 e. The van der Waals surface area contributed by atoms with Crippen molar-refractivity contribution in [2.45, 2.75) is 6.17 Å². The minimum atomic E-state index is -3.12. The van der Waals surface area contributed by atoms with E-state index in [1.165, 1.54) is 0 Å². The van der Waals surface area contributed by atoms with Gasteiger partial charge < -0.3 is 0 Å². The first kappa shape index (κ1) is 12.5. The zero-order valence-electron chi connectivity index (χ0n) is 6.24. The quantitative estimate of drug-likeness (QED) is 0.539. The third-order valence-electron chi connectivity index (χ3n) is 1.04. The van der Waals surface area contributed by atoms with Crippen LogP contribution in [0.3, 0.4) is 0 Å². The predicted octanol–water partition coefficient (Wildman–Crippen LogP) is 2.68. The zero-order chi connectivity index (χ0) is 11.3. The van der Waals surface area contributed by atoms with Gasteiger partial charge in [-0.05, 0) is 0 Å². The van der Waals surface area contributed by atoms with Crippen molar-refractivity contribution in [2.24, 2.45) is 0 Å². The molecule has 0 saturated carbocycles. The Morgan fingerprint density at radius 3 is 2.00 bits per heavy atom. The van der Waals surface area contributed by atoms with E-state index in [9.17, 15) is 31.3 Å². The van der Waals surface area contributed by atoms with Gasteiger partial charge in [-0.2, -0.15) is 17.6 Å². The van der Waals surface area contributed by atoms with Crippen molar-refractivity contribution in [3.63, 3.8) is 0 Å². The van der Waals surface area contributed by atoms with Crippen LogP contribution in [0.25, 0.3) is 0 Å². The molecule has 0 aromatic heterocycles. The third-order valence-corrected chi connectivity index (χ3v) is 1.04. The number of rotatable bonds is 3. The minimum absolute atomic E-state index is 0.578. The van der Waals surface area contributed by atoms with Crippen LogP contribution in [0.4, 0.5) is 26.5 Å². The van der Waals surface area contributed by atoms with Crippen molar-refractivity contribution >= 4 is 5.97 Å². The smallest absolute Gasteiger partial charge is 0.249 e. The molecule has 0 bridgehead atoms. The molecule has 0 aromatic carbocycles. The van der Waals surface area contributed by atoms with Gasteiger partial charge in [-0.1, -0.05) is 0 Å². The molecule has 0 aliphatic rings. The molecule has 0 aliphatic heterocycles. The van der Waals surface area contributed by atoms with E-state index in [-0.39, 0.29) is 0 Å². The highest BCUT2D eigenvalue weighted by molar-refractivity contribution is 5.89. The Morgan fingerprint density at radius 2 is 1.71 bits per heavy atom. The molecular weight excluding hydrogens is 218 g/mol. The van der Waals surface area contributed by atoms with Crippen molar-refractivity contribution in [1.29, 1.82) is 0 Å². The summed E-state index contributed by atoms with van der Waals surface area (Å²) in [5, 5.41) is 0. The molecule has 0 aliphatic carbocycles. The molecule has 0 amide bonds. The number of halogens is 6. The Hall–Kier alpha value is -1.47. The Balaban J connectivity index is 4.97. The van der Waals surface area contributed by atoms with Gasteiger partial charge in [0.25, 0.3) is 12.2 Å². The molecule has 0 saturated heterocycles. The maximum atomic E-state index is 12.4. The van der Waals surface area contributed by atoms with Crippen LogP contribution in [0.15, 0.2) is 23.8 Å². The second kappa shape index (κ2) is 5.30. The summed E-state index contributed by atoms with van der Waals surface area (Å²) in [6.45, 7) is 0. The number of carbonyl (C=O) groups is 1. The molecule has 8 heteroatoms. The van der Waals surface area contributed by atoms with Crippen molar-refractivity contribution in [1.82, 2.24) is 0 Å². The lowest BCUT2D eigenvalue weighted by Crippen LogP contribution is -2.14. The Morgan fingerprint density at radius 1 is 1.21 bits per heavy atom. The number of hydrogen-bond donors (Lipinski definition) is 0. The van der Waals surface area contributed by atoms with Crippen molar-refractivity contribution < 1.29 is 36.2 Å². The molecular formula is C6H2F6O2. The lowest BCUT2D eigenvalue weighted by molar-refractivity contribution is -0.179. The molecule has 0 N–H and O–H groups in total. The number of alkyl halides is 1. The van der Waals surface area contributed by atoms with Crippen LogP contribution in [0, 0.1) is 0 Å². The van der Waals surface area contributed by atoms with Crippen LogP contribution in [0.5, 0.6) is 0 Å². The summed E-state index contributed by atoms with van der Waals surface area (Å²) in [6.07, 6.45) is -9.25. The molecule has 0 radical (unpaired) electrons. The monoisotopic (exact) mass is 220 g/mol. The van der Waals surface area contributed by atoms with E-state index in [1.807, 2.05) is 0 Å². The Bertz CT molecular complexity index is 276. The summed E-state index contributed by atoms with van der Waals surface area (Å²) < 4.78 is 69.8. The largest absolute Gasteiger partial charge is 0.384 e. The van der Waals surface area contributed by atoms with Gasteiger partial charge in [0, 0.05) is 10.6 Å². The molecule has 0 aromatic rings. The van der Waals surface area contributed by atoms with Gasteiger partial charge in [-0.25, -0.2) is 14.1 Å². The van der Waals surface area contributed by atoms with Crippen LogP contribution in [0.1, 0.15) is 0 Å². The minimum Gasteiger partial charge on any atom is -0.249 e. The van der Waals surface area contributed by atoms with E-state index in [2.05, 4.69) is 4.94 Å². The van der Waals surface area contributed by atoms with Crippen LogP contribution in [-0.4, -0.2) is 12.1 Å². The molecule has 1 atom stereocenters. The van der Waals surface area contributed by atoms with Crippen LogP contribution >= 0.6 is 0 Å². The fourth-order valence-electron chi connectivity index (χ4n) is 0.529. The standard InChI is InChI=1S/C6H2F6O2/c7-2(1-3(8)9)4(5(10)11)6(13)14-12/h1-2H. The second-order valence-corrected chi connectivity index (χ2v) is 1.90. The molecule has 0 fully saturated rings. The van der Waals surface area contributed by atoms with Crippen LogP contribution in [0.2, 0.25) is 0 Å². The molecule has 14 heavy (non-hydrogen) atoms. The van der Waals surface area contributed by atoms with Gasteiger partial charge in [0.15, 0.2) is 6.17 Å². The van der Waals surface area contributed by atoms with Gasteiger partial charge >= 0.3 is 5.97 Å². The zero-order valence-corrected chi connectivity index (χ0v) is 6.24. The molecule has 0 spiro atoms. The molecule has 0 heterocycles. The fraction of sp³-hybridized carbons (Fsp3) is 0.167. The number of carbonyl (C=O) groups excluding carboxylic acids is 1. The van der Waals surface area contributed by atoms with Crippen molar-refractivity contribution in [3.05, 3.63) is 23.8 Å². The van der Waals surface area contributed by atoms with Gasteiger partial charge in [-0.15, -0.1) is 0 Å². The molecule has 0 rings (SSSR count). The normalized spacial score (nSPS) is 11.6. The predicted molar refractivity (Wildman–Crippen MR) is 31.6 cm³/mol. The maximum absolute atomic E-state index is 12.4. The molecule has 1 unspecified atom stereocenters. The number of hydrogen-bond acceptors (Lipinski definition) is 2. The van der Waals surface area contributed by atoms with E-state index in [1.54, 1.807) is 0 Å². The summed E-state index contributed by atoms with van der Waals surface area (Å²) in [5.74, 6) is -2.35. The van der Waals surface area contributed by atoms with Gasteiger partial charge in [0.1, 0.15) is 5.57 Å². The van der Waals surface area contributed by atoms with Crippen LogP contribution in [-0.2, 0) is 9.74 Å². The summed E-state index contributed by atoms with van der Waals surface area (Å²) >= 11 is 0. The summed E-state index contributed by atoms with van der Waals surface area (Å²) in [7, 11) is 0. The first-order valence-electron chi connectivity index (χ1n) is 2.95. The van der Waals surface area contributed by atoms with Crippen molar-refractivity contribution in [3.8, 4) is 0 Å². The first-order chi connectivity index (χ1) is 6.40. The summed E-state index contributed by atoms with van der Waals surface area (Å²) in [4.78, 5) is 12.4. The average Bonchev–Trinajstić information content (AvgIpc) is 2.01. The Labute approximate surface area is 73.4 Å². The number of allylic oxidation sites excluding steroid dienone is 1. The first-order valence-corrected chi connectivity index (χ1v) is 2.95. The van der Waals surface area contributed by atoms with E-state index >= 15 is 0 Å². The summed E-state index contributed by atoms with van der Waals surface area (Å²) in [5.41, 5.74) is -2.10. The SMILES string of the molecule is O=C(OF)C(=C(F)F)C(F)C=C(F)F. The second-order valence-electron chi connectivity index (χ2n) is 1.90. The van der Waals surface area contributed by atoms with E-state index < -0.39 is 36.0 Å². The lowest BCUT2D eigenvalue weighted by atomic mass is 10.2. The highest BCUT2D eigenvalue weighted by Gasteiger charge is 2.27. The topological polar surface area (TPSA) is 26.3 Å². The van der Waals surface area contributed by atoms with Crippen LogP contribution < -0.4 is 0 Å². The van der Waals surface area contributed by atoms with E-state index in [0.29, 0.717) is 0 Å². The van der Waals surface area contributed by atoms with Gasteiger partial charge in [0.2, 0.25) is 0 Å². The van der Waals surface area contributed by atoms with Gasteiger partial charge in [0.05, 0.1) is 0 Å². The fourth-order valence-corrected chi connectivity index (χ4v) is 0.529. The molecule has 80 valence electrons. The highest BCUT2D eigenvalue weighted by atomic mass is 19.3. The Kier molecular flexibility index (Phi) is 4.74.